The quantitative estimate of drug-likeness (QED) is 0.846. The van der Waals surface area contributed by atoms with Gasteiger partial charge in [0.25, 0.3) is 0 Å². The Morgan fingerprint density at radius 2 is 2.06 bits per heavy atom. The third-order valence-electron chi connectivity index (χ3n) is 1.98. The molecule has 0 atom stereocenters. The van der Waals surface area contributed by atoms with E-state index in [1.807, 2.05) is 26.8 Å². The summed E-state index contributed by atoms with van der Waals surface area (Å²) < 4.78 is 1.84. The monoisotopic (exact) mass is 377 g/mol. The van der Waals surface area contributed by atoms with Crippen LogP contribution in [-0.4, -0.2) is 23.0 Å². The van der Waals surface area contributed by atoms with Gasteiger partial charge >= 0.3 is 0 Å². The van der Waals surface area contributed by atoms with Crippen LogP contribution in [0.5, 0.6) is 0 Å². The molecule has 1 amide bonds. The number of amides is 1. The Kier molecular flexibility index (Phi) is 5.75. The van der Waals surface area contributed by atoms with Crippen LogP contribution in [0.2, 0.25) is 0 Å². The minimum absolute atomic E-state index is 0.0178. The van der Waals surface area contributed by atoms with Gasteiger partial charge in [0, 0.05) is 27.2 Å². The predicted molar refractivity (Wildman–Crippen MR) is 79.2 cm³/mol. The summed E-state index contributed by atoms with van der Waals surface area (Å²) in [6, 6.07) is 1.93. The van der Waals surface area contributed by atoms with Crippen molar-refractivity contribution in [2.45, 2.75) is 32.9 Å². The van der Waals surface area contributed by atoms with Crippen LogP contribution in [0.15, 0.2) is 21.2 Å². The molecule has 0 aliphatic rings. The lowest BCUT2D eigenvalue weighted by Gasteiger charge is -2.20. The average molecular weight is 379 g/mol. The first-order valence-electron chi connectivity index (χ1n) is 5.59. The predicted octanol–water partition coefficient (Wildman–Crippen LogP) is 2.61. The second-order valence-corrected chi connectivity index (χ2v) is 6.75. The van der Waals surface area contributed by atoms with Crippen molar-refractivity contribution in [3.8, 4) is 0 Å². The highest BCUT2D eigenvalue weighted by atomic mass is 79.9. The van der Waals surface area contributed by atoms with Crippen LogP contribution in [0.1, 0.15) is 26.5 Å². The van der Waals surface area contributed by atoms with Gasteiger partial charge in [0.1, 0.15) is 0 Å². The molecule has 1 aromatic rings. The molecule has 0 aromatic carbocycles. The molecule has 18 heavy (non-hydrogen) atoms. The molecule has 0 bridgehead atoms. The Hall–Kier alpha value is -0.460. The van der Waals surface area contributed by atoms with Crippen LogP contribution < -0.4 is 10.6 Å². The van der Waals surface area contributed by atoms with Gasteiger partial charge in [0.05, 0.1) is 12.2 Å². The molecule has 4 nitrogen and oxygen atoms in total. The van der Waals surface area contributed by atoms with Crippen molar-refractivity contribution < 1.29 is 4.79 Å². The van der Waals surface area contributed by atoms with Gasteiger partial charge in [-0.3, -0.25) is 9.78 Å². The number of aromatic nitrogens is 1. The van der Waals surface area contributed by atoms with Crippen molar-refractivity contribution in [2.75, 3.05) is 6.54 Å². The van der Waals surface area contributed by atoms with Crippen LogP contribution >= 0.6 is 31.9 Å². The minimum Gasteiger partial charge on any atom is -0.350 e. The van der Waals surface area contributed by atoms with Gasteiger partial charge < -0.3 is 10.6 Å². The number of carbonyl (C=O) groups is 1. The van der Waals surface area contributed by atoms with E-state index >= 15 is 0 Å². The van der Waals surface area contributed by atoms with Crippen molar-refractivity contribution >= 4 is 37.8 Å². The normalized spacial score (nSPS) is 11.4. The first-order chi connectivity index (χ1) is 8.28. The summed E-state index contributed by atoms with van der Waals surface area (Å²) in [6.07, 6.45) is 1.73. The first kappa shape index (κ1) is 15.6. The van der Waals surface area contributed by atoms with Gasteiger partial charge in [-0.05, 0) is 58.7 Å². The van der Waals surface area contributed by atoms with Crippen molar-refractivity contribution in [3.63, 3.8) is 0 Å². The van der Waals surface area contributed by atoms with E-state index in [4.69, 9.17) is 0 Å². The summed E-state index contributed by atoms with van der Waals surface area (Å²) in [5.41, 5.74) is 0.677. The molecule has 0 saturated carbocycles. The molecule has 1 aromatic heterocycles. The number of hydrogen-bond donors (Lipinski definition) is 2. The zero-order chi connectivity index (χ0) is 13.8. The van der Waals surface area contributed by atoms with E-state index in [2.05, 4.69) is 47.5 Å². The minimum atomic E-state index is -0.199. The molecule has 0 aliphatic carbocycles. The van der Waals surface area contributed by atoms with Crippen LogP contribution in [0.4, 0.5) is 0 Å². The van der Waals surface area contributed by atoms with E-state index in [-0.39, 0.29) is 18.0 Å². The molecule has 100 valence electrons. The summed E-state index contributed by atoms with van der Waals surface area (Å²) in [6.45, 7) is 6.69. The van der Waals surface area contributed by atoms with E-state index in [0.29, 0.717) is 6.54 Å². The Morgan fingerprint density at radius 1 is 1.39 bits per heavy atom. The van der Waals surface area contributed by atoms with Crippen LogP contribution in [0, 0.1) is 0 Å². The fraction of sp³-hybridized carbons (Fsp3) is 0.500. The number of pyridine rings is 1. The van der Waals surface area contributed by atoms with E-state index in [1.54, 1.807) is 6.20 Å². The van der Waals surface area contributed by atoms with Gasteiger partial charge in [-0.1, -0.05) is 0 Å². The average Bonchev–Trinajstić information content (AvgIpc) is 2.18. The topological polar surface area (TPSA) is 54.0 Å². The van der Waals surface area contributed by atoms with E-state index in [1.165, 1.54) is 0 Å². The first-order valence-corrected chi connectivity index (χ1v) is 7.18. The number of nitrogens with one attached hydrogen (secondary N) is 2. The van der Waals surface area contributed by atoms with Crippen LogP contribution in [0.3, 0.4) is 0 Å². The van der Waals surface area contributed by atoms with E-state index < -0.39 is 0 Å². The zero-order valence-electron chi connectivity index (χ0n) is 10.7. The van der Waals surface area contributed by atoms with Gasteiger partial charge in [0.2, 0.25) is 5.91 Å². The zero-order valence-corrected chi connectivity index (χ0v) is 13.9. The third kappa shape index (κ3) is 5.93. The Bertz CT molecular complexity index is 430. The lowest BCUT2D eigenvalue weighted by atomic mass is 10.1. The number of hydrogen-bond acceptors (Lipinski definition) is 3. The number of halogens is 2. The summed E-state index contributed by atoms with van der Waals surface area (Å²) in [5.74, 6) is -0.0178. The molecule has 0 unspecified atom stereocenters. The molecule has 0 saturated heterocycles. The molecule has 2 N–H and O–H groups in total. The highest BCUT2D eigenvalue weighted by Crippen LogP contribution is 2.19. The molecule has 0 fully saturated rings. The second kappa shape index (κ2) is 6.63. The molecule has 1 heterocycles. The molecule has 1 rings (SSSR count). The number of carbonyl (C=O) groups excluding carboxylic acids is 1. The number of nitrogens with zero attached hydrogens (tertiary/aromatic N) is 1. The summed E-state index contributed by atoms with van der Waals surface area (Å²) in [4.78, 5) is 15.8. The SMILES string of the molecule is CC(C)(C)NC(=O)CNCc1ncc(Br)cc1Br. The largest absolute Gasteiger partial charge is 0.350 e. The fourth-order valence-corrected chi connectivity index (χ4v) is 2.46. The van der Waals surface area contributed by atoms with Gasteiger partial charge in [-0.25, -0.2) is 0 Å². The lowest BCUT2D eigenvalue weighted by Crippen LogP contribution is -2.44. The third-order valence-corrected chi connectivity index (χ3v) is 3.10. The molecule has 6 heteroatoms. The standard InChI is InChI=1S/C12H17Br2N3O/c1-12(2,3)17-11(18)7-15-6-10-9(14)4-8(13)5-16-10/h4-5,15H,6-7H2,1-3H3,(H,17,18). The maximum Gasteiger partial charge on any atom is 0.234 e. The maximum atomic E-state index is 11.6. The molecular formula is C12H17Br2N3O. The summed E-state index contributed by atoms with van der Waals surface area (Å²) in [5, 5.41) is 5.95. The maximum absolute atomic E-state index is 11.6. The van der Waals surface area contributed by atoms with Crippen molar-refractivity contribution in [1.29, 1.82) is 0 Å². The second-order valence-electron chi connectivity index (χ2n) is 4.98. The van der Waals surface area contributed by atoms with E-state index in [0.717, 1.165) is 14.6 Å². The Balaban J connectivity index is 2.40. The molecule has 0 radical (unpaired) electrons. The van der Waals surface area contributed by atoms with Crippen LogP contribution in [-0.2, 0) is 11.3 Å². The molecule has 0 spiro atoms. The lowest BCUT2D eigenvalue weighted by molar-refractivity contribution is -0.121. The highest BCUT2D eigenvalue weighted by molar-refractivity contribution is 9.11. The Morgan fingerprint density at radius 3 is 2.61 bits per heavy atom. The van der Waals surface area contributed by atoms with Gasteiger partial charge in [0.15, 0.2) is 0 Å². The summed E-state index contributed by atoms with van der Waals surface area (Å²) in [7, 11) is 0. The molecular weight excluding hydrogens is 362 g/mol. The van der Waals surface area contributed by atoms with Crippen molar-refractivity contribution in [3.05, 3.63) is 26.9 Å². The van der Waals surface area contributed by atoms with Gasteiger partial charge in [-0.2, -0.15) is 0 Å². The summed E-state index contributed by atoms with van der Waals surface area (Å²) >= 11 is 6.77. The highest BCUT2D eigenvalue weighted by Gasteiger charge is 2.13. The van der Waals surface area contributed by atoms with Gasteiger partial charge in [-0.15, -0.1) is 0 Å². The molecule has 0 aliphatic heterocycles. The Labute approximate surface area is 124 Å². The van der Waals surface area contributed by atoms with Crippen molar-refractivity contribution in [2.24, 2.45) is 0 Å². The fourth-order valence-electron chi connectivity index (χ4n) is 1.33. The smallest absolute Gasteiger partial charge is 0.234 e. The van der Waals surface area contributed by atoms with Crippen LogP contribution in [0.25, 0.3) is 0 Å². The van der Waals surface area contributed by atoms with E-state index in [9.17, 15) is 4.79 Å². The number of rotatable bonds is 4. The van der Waals surface area contributed by atoms with Crippen molar-refractivity contribution in [1.82, 2.24) is 15.6 Å².